The van der Waals surface area contributed by atoms with Gasteiger partial charge in [0.05, 0.1) is 0 Å². The zero-order valence-electron chi connectivity index (χ0n) is 5.18. The van der Waals surface area contributed by atoms with Gasteiger partial charge >= 0.3 is 23.1 Å². The molecule has 0 aliphatic rings. The van der Waals surface area contributed by atoms with Crippen LogP contribution in [0.5, 0.6) is 0 Å². The van der Waals surface area contributed by atoms with Crippen LogP contribution < -0.4 is 12.4 Å². The Kier molecular flexibility index (Phi) is 16.0. The van der Waals surface area contributed by atoms with Gasteiger partial charge in [0.1, 0.15) is 0 Å². The molecule has 0 unspecified atom stereocenters. The number of halogens is 3. The van der Waals surface area contributed by atoms with E-state index in [1.165, 1.54) is 24.3 Å². The third kappa shape index (κ3) is 6.61. The number of rotatable bonds is 0. The summed E-state index contributed by atoms with van der Waals surface area (Å²) in [5.74, 6) is -0.209. The predicted octanol–water partition coefficient (Wildman–Crippen LogP) is -1.33. The maximum atomic E-state index is 11.9. The quantitative estimate of drug-likeness (QED) is 0.352. The molecule has 0 heterocycles. The van der Waals surface area contributed by atoms with E-state index in [-0.39, 0.29) is 53.7 Å². The Hall–Kier alpha value is 0.496. The van der Waals surface area contributed by atoms with Gasteiger partial charge in [0.2, 0.25) is 0 Å². The molecule has 0 saturated heterocycles. The van der Waals surface area contributed by atoms with Crippen molar-refractivity contribution in [1.29, 1.82) is 0 Å². The first-order chi connectivity index (χ1) is 3.39. The minimum absolute atomic E-state index is 0. The van der Waals surface area contributed by atoms with E-state index in [1.807, 2.05) is 0 Å². The van der Waals surface area contributed by atoms with Gasteiger partial charge in [-0.25, -0.2) is 4.39 Å². The molecule has 0 aliphatic carbocycles. The molecule has 0 N–H and O–H groups in total. The first-order valence-electron chi connectivity index (χ1n) is 2.01. The van der Waals surface area contributed by atoms with Crippen molar-refractivity contribution >= 4 is 35.5 Å². The minimum Gasteiger partial charge on any atom is -1.00 e. The van der Waals surface area contributed by atoms with Gasteiger partial charge in [-0.15, -0.1) is 24.5 Å². The fourth-order valence-electron chi connectivity index (χ4n) is 0.367. The zero-order chi connectivity index (χ0) is 5.11. The fourth-order valence-corrected chi connectivity index (χ4v) is 0.367. The Morgan fingerprint density at radius 2 is 1.60 bits per heavy atom. The normalized spacial score (nSPS) is 6.10. The third-order valence-corrected chi connectivity index (χ3v) is 0.678. The van der Waals surface area contributed by atoms with Crippen molar-refractivity contribution in [2.75, 3.05) is 0 Å². The molecule has 0 aliphatic heterocycles. The molecule has 4 heteroatoms. The Morgan fingerprint density at radius 1 is 1.20 bits per heavy atom. The minimum atomic E-state index is -0.209. The van der Waals surface area contributed by atoms with Gasteiger partial charge in [-0.2, -0.15) is 18.2 Å². The molecule has 0 atom stereocenters. The van der Waals surface area contributed by atoms with Crippen LogP contribution >= 0.6 is 12.4 Å². The van der Waals surface area contributed by atoms with Crippen LogP contribution in [0.3, 0.4) is 0 Å². The molecule has 0 aromatic heterocycles. The van der Waals surface area contributed by atoms with Crippen LogP contribution in [0.15, 0.2) is 24.3 Å². The smallest absolute Gasteiger partial charge is 1.00 e. The van der Waals surface area contributed by atoms with Crippen LogP contribution in [0.25, 0.3) is 0 Å². The summed E-state index contributed by atoms with van der Waals surface area (Å²) in [6, 6.07) is 8.49. The van der Waals surface area contributed by atoms with Crippen molar-refractivity contribution in [3.63, 3.8) is 0 Å². The standard InChI is InChI=1S/C6H4F.2ClH.Mg/c7-6-4-2-1-3-5-6;;;/h2-5H;2*1H;/q-1;;;+2/p-1. The van der Waals surface area contributed by atoms with Crippen LogP contribution in [0.1, 0.15) is 0 Å². The first kappa shape index (κ1) is 16.8. The molecule has 10 heavy (non-hydrogen) atoms. The molecule has 1 rings (SSSR count). The molecule has 0 fully saturated rings. The largest absolute Gasteiger partial charge is 2.00 e. The average Bonchev–Trinajstić information content (AvgIpc) is 1.69. The van der Waals surface area contributed by atoms with Crippen molar-refractivity contribution in [2.45, 2.75) is 0 Å². The number of benzene rings is 1. The summed E-state index contributed by atoms with van der Waals surface area (Å²) in [6.07, 6.45) is 0. The summed E-state index contributed by atoms with van der Waals surface area (Å²) < 4.78 is 11.9. The third-order valence-electron chi connectivity index (χ3n) is 0.678. The maximum Gasteiger partial charge on any atom is 2.00 e. The molecule has 1 aromatic rings. The van der Waals surface area contributed by atoms with Crippen molar-refractivity contribution in [2.24, 2.45) is 0 Å². The Morgan fingerprint density at radius 3 is 1.80 bits per heavy atom. The van der Waals surface area contributed by atoms with E-state index in [4.69, 9.17) is 0 Å². The molecular formula is C6H5Cl2FMg. The van der Waals surface area contributed by atoms with Crippen LogP contribution in [-0.2, 0) is 0 Å². The van der Waals surface area contributed by atoms with Crippen LogP contribution in [-0.4, -0.2) is 23.1 Å². The molecule has 52 valence electrons. The molecule has 0 saturated carbocycles. The van der Waals surface area contributed by atoms with Crippen molar-refractivity contribution in [1.82, 2.24) is 0 Å². The van der Waals surface area contributed by atoms with E-state index >= 15 is 0 Å². The molecular weight excluding hydrogens is 186 g/mol. The molecule has 0 bridgehead atoms. The van der Waals surface area contributed by atoms with Gasteiger partial charge in [0.25, 0.3) is 0 Å². The second kappa shape index (κ2) is 9.50. The molecule has 0 radical (unpaired) electrons. The topological polar surface area (TPSA) is 0 Å². The number of hydrogen-bond donors (Lipinski definition) is 0. The molecule has 0 spiro atoms. The van der Waals surface area contributed by atoms with E-state index in [2.05, 4.69) is 6.07 Å². The monoisotopic (exact) mass is 190 g/mol. The summed E-state index contributed by atoms with van der Waals surface area (Å²) in [4.78, 5) is 0. The SMILES string of the molecule is Cl.Fc1cc[c-]cc1.[Cl-].[Mg+2]. The maximum absolute atomic E-state index is 11.9. The summed E-state index contributed by atoms with van der Waals surface area (Å²) in [5, 5.41) is 0. The van der Waals surface area contributed by atoms with Crippen molar-refractivity contribution < 1.29 is 16.8 Å². The Bertz CT molecular complexity index is 146. The van der Waals surface area contributed by atoms with Crippen LogP contribution in [0.2, 0.25) is 0 Å². The summed E-state index contributed by atoms with van der Waals surface area (Å²) in [7, 11) is 0. The van der Waals surface area contributed by atoms with Crippen LogP contribution in [0.4, 0.5) is 4.39 Å². The van der Waals surface area contributed by atoms with E-state index in [0.29, 0.717) is 0 Å². The van der Waals surface area contributed by atoms with E-state index < -0.39 is 0 Å². The van der Waals surface area contributed by atoms with Crippen LogP contribution in [0, 0.1) is 11.9 Å². The summed E-state index contributed by atoms with van der Waals surface area (Å²) in [5.41, 5.74) is 0. The van der Waals surface area contributed by atoms with E-state index in [1.54, 1.807) is 0 Å². The molecule has 0 nitrogen and oxygen atoms in total. The molecule has 1 aromatic carbocycles. The second-order valence-electron chi connectivity index (χ2n) is 1.22. The Balaban J connectivity index is -0.000000163. The van der Waals surface area contributed by atoms with Gasteiger partial charge in [-0.3, -0.25) is 0 Å². The van der Waals surface area contributed by atoms with Crippen molar-refractivity contribution in [3.05, 3.63) is 36.1 Å². The van der Waals surface area contributed by atoms with E-state index in [0.717, 1.165) is 0 Å². The predicted molar refractivity (Wildman–Crippen MR) is 38.2 cm³/mol. The van der Waals surface area contributed by atoms with Gasteiger partial charge in [0.15, 0.2) is 0 Å². The zero-order valence-corrected chi connectivity index (χ0v) is 8.17. The Labute approximate surface area is 88.2 Å². The fraction of sp³-hybridized carbons (Fsp3) is 0. The molecule has 0 amide bonds. The van der Waals surface area contributed by atoms with Gasteiger partial charge < -0.3 is 12.4 Å². The van der Waals surface area contributed by atoms with Gasteiger partial charge in [-0.05, 0) is 0 Å². The van der Waals surface area contributed by atoms with Gasteiger partial charge in [0, 0.05) is 5.82 Å². The number of hydrogen-bond acceptors (Lipinski definition) is 0. The second-order valence-corrected chi connectivity index (χ2v) is 1.22. The summed E-state index contributed by atoms with van der Waals surface area (Å²) >= 11 is 0. The van der Waals surface area contributed by atoms with Gasteiger partial charge in [-0.1, -0.05) is 0 Å². The first-order valence-corrected chi connectivity index (χ1v) is 2.01. The van der Waals surface area contributed by atoms with Crippen molar-refractivity contribution in [3.8, 4) is 0 Å². The average molecular weight is 191 g/mol. The summed E-state index contributed by atoms with van der Waals surface area (Å²) in [6.45, 7) is 0. The van der Waals surface area contributed by atoms with E-state index in [9.17, 15) is 4.39 Å².